The van der Waals surface area contributed by atoms with Crippen molar-refractivity contribution in [1.82, 2.24) is 4.90 Å². The molecule has 3 nitrogen and oxygen atoms in total. The van der Waals surface area contributed by atoms with E-state index in [-0.39, 0.29) is 0 Å². The quantitative estimate of drug-likeness (QED) is 0.922. The predicted octanol–water partition coefficient (Wildman–Crippen LogP) is 3.64. The van der Waals surface area contributed by atoms with Gasteiger partial charge in [-0.1, -0.05) is 31.2 Å². The Morgan fingerprint density at radius 3 is 2.71 bits per heavy atom. The monoisotopic (exact) mass is 287 g/mol. The number of rotatable bonds is 3. The Kier molecular flexibility index (Phi) is 4.03. The van der Waals surface area contributed by atoms with Crippen LogP contribution in [0.5, 0.6) is 0 Å². The summed E-state index contributed by atoms with van der Waals surface area (Å²) in [6.07, 6.45) is 5.97. The molecule has 1 fully saturated rings. The lowest BCUT2D eigenvalue weighted by Crippen LogP contribution is -2.45. The summed E-state index contributed by atoms with van der Waals surface area (Å²) in [5, 5.41) is 9.52. The molecule has 0 aromatic heterocycles. The Bertz CT molecular complexity index is 518. The van der Waals surface area contributed by atoms with Gasteiger partial charge in [0.05, 0.1) is 5.41 Å². The van der Waals surface area contributed by atoms with Crippen LogP contribution in [0.2, 0.25) is 0 Å². The van der Waals surface area contributed by atoms with Gasteiger partial charge >= 0.3 is 5.97 Å². The van der Waals surface area contributed by atoms with Crippen molar-refractivity contribution < 1.29 is 9.90 Å². The zero-order valence-corrected chi connectivity index (χ0v) is 12.8. The SMILES string of the molecule is CCC1(C(=O)O)CCN(C2CCCc3ccccc32)CC1. The Morgan fingerprint density at radius 2 is 2.05 bits per heavy atom. The number of hydrogen-bond donors (Lipinski definition) is 1. The van der Waals surface area contributed by atoms with Gasteiger partial charge in [-0.2, -0.15) is 0 Å². The van der Waals surface area contributed by atoms with Gasteiger partial charge in [0.25, 0.3) is 0 Å². The van der Waals surface area contributed by atoms with Gasteiger partial charge in [-0.05, 0) is 62.7 Å². The second-order valence-corrected chi connectivity index (χ2v) is 6.58. The molecule has 1 N–H and O–H groups in total. The maximum atomic E-state index is 11.6. The number of hydrogen-bond acceptors (Lipinski definition) is 2. The highest BCUT2D eigenvalue weighted by Gasteiger charge is 2.41. The lowest BCUT2D eigenvalue weighted by atomic mass is 9.75. The summed E-state index contributed by atoms with van der Waals surface area (Å²) in [4.78, 5) is 14.1. The first-order chi connectivity index (χ1) is 10.2. The molecule has 3 rings (SSSR count). The molecule has 1 aromatic rings. The number of piperidine rings is 1. The van der Waals surface area contributed by atoms with Gasteiger partial charge in [-0.25, -0.2) is 0 Å². The molecule has 1 aliphatic carbocycles. The third-order valence-electron chi connectivity index (χ3n) is 5.66. The van der Waals surface area contributed by atoms with Crippen LogP contribution in [0.25, 0.3) is 0 Å². The molecule has 0 saturated carbocycles. The van der Waals surface area contributed by atoms with Crippen LogP contribution in [0.3, 0.4) is 0 Å². The average Bonchev–Trinajstić information content (AvgIpc) is 2.54. The van der Waals surface area contributed by atoms with E-state index in [9.17, 15) is 9.90 Å². The van der Waals surface area contributed by atoms with Crippen LogP contribution in [0.4, 0.5) is 0 Å². The number of benzene rings is 1. The molecule has 1 aliphatic heterocycles. The van der Waals surface area contributed by atoms with Crippen molar-refractivity contribution in [3.05, 3.63) is 35.4 Å². The van der Waals surface area contributed by atoms with E-state index in [0.717, 1.165) is 32.4 Å². The van der Waals surface area contributed by atoms with Crippen molar-refractivity contribution in [2.45, 2.75) is 51.5 Å². The molecule has 0 radical (unpaired) electrons. The van der Waals surface area contributed by atoms with Crippen LogP contribution in [0, 0.1) is 5.41 Å². The minimum Gasteiger partial charge on any atom is -0.481 e. The van der Waals surface area contributed by atoms with Gasteiger partial charge in [-0.15, -0.1) is 0 Å². The summed E-state index contributed by atoms with van der Waals surface area (Å²) in [7, 11) is 0. The van der Waals surface area contributed by atoms with E-state index in [1.165, 1.54) is 30.4 Å². The predicted molar refractivity (Wildman–Crippen MR) is 83.3 cm³/mol. The van der Waals surface area contributed by atoms with Crippen molar-refractivity contribution in [1.29, 1.82) is 0 Å². The second kappa shape index (κ2) is 5.80. The summed E-state index contributed by atoms with van der Waals surface area (Å²) in [5.41, 5.74) is 2.48. The first-order valence-corrected chi connectivity index (χ1v) is 8.21. The number of likely N-dealkylation sites (tertiary alicyclic amines) is 1. The third-order valence-corrected chi connectivity index (χ3v) is 5.66. The van der Waals surface area contributed by atoms with Crippen LogP contribution in [0.1, 0.15) is 56.2 Å². The van der Waals surface area contributed by atoms with Gasteiger partial charge in [0.1, 0.15) is 0 Å². The number of aryl methyl sites for hydroxylation is 1. The fourth-order valence-electron chi connectivity index (χ4n) is 4.09. The topological polar surface area (TPSA) is 40.5 Å². The van der Waals surface area contributed by atoms with Gasteiger partial charge in [0.15, 0.2) is 0 Å². The van der Waals surface area contributed by atoms with Crippen molar-refractivity contribution in [3.63, 3.8) is 0 Å². The van der Waals surface area contributed by atoms with E-state index in [0.29, 0.717) is 6.04 Å². The van der Waals surface area contributed by atoms with E-state index in [1.807, 2.05) is 6.92 Å². The van der Waals surface area contributed by atoms with Crippen molar-refractivity contribution >= 4 is 5.97 Å². The number of carboxylic acid groups (broad SMARTS) is 1. The standard InChI is InChI=1S/C18H25NO2/c1-2-18(17(20)21)10-12-19(13-11-18)16-9-5-7-14-6-3-4-8-15(14)16/h3-4,6,8,16H,2,5,7,9-13H2,1H3,(H,20,21). The summed E-state index contributed by atoms with van der Waals surface area (Å²) in [6.45, 7) is 3.85. The highest BCUT2D eigenvalue weighted by Crippen LogP contribution is 2.41. The smallest absolute Gasteiger partial charge is 0.309 e. The van der Waals surface area contributed by atoms with Gasteiger partial charge < -0.3 is 5.11 Å². The average molecular weight is 287 g/mol. The number of nitrogens with zero attached hydrogens (tertiary/aromatic N) is 1. The molecule has 1 heterocycles. The van der Waals surface area contributed by atoms with Crippen LogP contribution in [-0.2, 0) is 11.2 Å². The number of carbonyl (C=O) groups is 1. The first kappa shape index (κ1) is 14.6. The summed E-state index contributed by atoms with van der Waals surface area (Å²) >= 11 is 0. The molecule has 3 heteroatoms. The Morgan fingerprint density at radius 1 is 1.33 bits per heavy atom. The molecular formula is C18H25NO2. The van der Waals surface area contributed by atoms with Gasteiger partial charge in [0, 0.05) is 6.04 Å². The summed E-state index contributed by atoms with van der Waals surface area (Å²) in [5.74, 6) is -0.603. The number of aliphatic carboxylic acids is 1. The maximum absolute atomic E-state index is 11.6. The second-order valence-electron chi connectivity index (χ2n) is 6.58. The lowest BCUT2D eigenvalue weighted by molar-refractivity contribution is -0.152. The Labute approximate surface area is 127 Å². The maximum Gasteiger partial charge on any atom is 0.309 e. The van der Waals surface area contributed by atoms with E-state index in [1.54, 1.807) is 0 Å². The molecule has 0 amide bonds. The largest absolute Gasteiger partial charge is 0.481 e. The molecule has 1 atom stereocenters. The molecule has 1 saturated heterocycles. The molecule has 21 heavy (non-hydrogen) atoms. The fraction of sp³-hybridized carbons (Fsp3) is 0.611. The third kappa shape index (κ3) is 2.59. The van der Waals surface area contributed by atoms with E-state index in [4.69, 9.17) is 0 Å². The van der Waals surface area contributed by atoms with Crippen LogP contribution in [0.15, 0.2) is 24.3 Å². The number of fused-ring (bicyclic) bond motifs is 1. The zero-order valence-electron chi connectivity index (χ0n) is 12.8. The zero-order chi connectivity index (χ0) is 14.9. The highest BCUT2D eigenvalue weighted by molar-refractivity contribution is 5.74. The molecule has 0 bridgehead atoms. The van der Waals surface area contributed by atoms with Crippen molar-refractivity contribution in [2.24, 2.45) is 5.41 Å². The van der Waals surface area contributed by atoms with E-state index < -0.39 is 11.4 Å². The molecule has 2 aliphatic rings. The summed E-state index contributed by atoms with van der Waals surface area (Å²) in [6, 6.07) is 9.27. The number of carboxylic acids is 1. The van der Waals surface area contributed by atoms with E-state index in [2.05, 4.69) is 29.2 Å². The first-order valence-electron chi connectivity index (χ1n) is 8.21. The highest BCUT2D eigenvalue weighted by atomic mass is 16.4. The Balaban J connectivity index is 1.75. The molecule has 0 spiro atoms. The van der Waals surface area contributed by atoms with Crippen molar-refractivity contribution in [2.75, 3.05) is 13.1 Å². The van der Waals surface area contributed by atoms with Crippen LogP contribution >= 0.6 is 0 Å². The summed E-state index contributed by atoms with van der Waals surface area (Å²) < 4.78 is 0. The molecular weight excluding hydrogens is 262 g/mol. The molecule has 1 unspecified atom stereocenters. The molecule has 114 valence electrons. The lowest BCUT2D eigenvalue weighted by Gasteiger charge is -2.43. The van der Waals surface area contributed by atoms with Crippen LogP contribution < -0.4 is 0 Å². The van der Waals surface area contributed by atoms with Crippen molar-refractivity contribution in [3.8, 4) is 0 Å². The fourth-order valence-corrected chi connectivity index (χ4v) is 4.09. The Hall–Kier alpha value is -1.35. The molecule has 1 aromatic carbocycles. The van der Waals surface area contributed by atoms with Gasteiger partial charge in [0.2, 0.25) is 0 Å². The minimum atomic E-state index is -0.603. The minimum absolute atomic E-state index is 0.481. The normalized spacial score (nSPS) is 25.3. The van der Waals surface area contributed by atoms with E-state index >= 15 is 0 Å². The van der Waals surface area contributed by atoms with Gasteiger partial charge in [-0.3, -0.25) is 9.69 Å². The van der Waals surface area contributed by atoms with Crippen LogP contribution in [-0.4, -0.2) is 29.1 Å².